The Morgan fingerprint density at radius 2 is 2.15 bits per heavy atom. The fourth-order valence-electron chi connectivity index (χ4n) is 2.64. The van der Waals surface area contributed by atoms with Gasteiger partial charge in [-0.25, -0.2) is 0 Å². The topological polar surface area (TPSA) is 43.3 Å². The predicted molar refractivity (Wildman–Crippen MR) is 89.9 cm³/mol. The van der Waals surface area contributed by atoms with E-state index in [9.17, 15) is 0 Å². The molecule has 0 radical (unpaired) electrons. The summed E-state index contributed by atoms with van der Waals surface area (Å²) in [5.74, 6) is 0.715. The van der Waals surface area contributed by atoms with Crippen LogP contribution in [0.1, 0.15) is 22.2 Å². The van der Waals surface area contributed by atoms with Gasteiger partial charge in [0.15, 0.2) is 0 Å². The summed E-state index contributed by atoms with van der Waals surface area (Å²) >= 11 is 1.85. The number of nitrogens with two attached hydrogens (primary N) is 1. The van der Waals surface area contributed by atoms with Gasteiger partial charge >= 0.3 is 0 Å². The zero-order valence-corrected chi connectivity index (χ0v) is 14.3. The van der Waals surface area contributed by atoms with Crippen LogP contribution in [0.5, 0.6) is 0 Å². The summed E-state index contributed by atoms with van der Waals surface area (Å²) in [6.07, 6.45) is 3.03. The minimum Gasteiger partial charge on any atom is -0.383 e. The van der Waals surface area contributed by atoms with Crippen molar-refractivity contribution < 1.29 is 0 Å². The normalized spacial score (nSPS) is 18.8. The van der Waals surface area contributed by atoms with Gasteiger partial charge in [0.05, 0.1) is 19.0 Å². The first-order chi connectivity index (χ1) is 9.36. The number of hydrogen-bond donors (Lipinski definition) is 1. The monoisotopic (exact) mass is 303 g/mol. The average molecular weight is 304 g/mol. The first-order valence-electron chi connectivity index (χ1n) is 6.94. The lowest BCUT2D eigenvalue weighted by Gasteiger charge is -2.19. The first kappa shape index (κ1) is 13.6. The first-order valence-corrected chi connectivity index (χ1v) is 11.3. The third kappa shape index (κ3) is 2.25. The lowest BCUT2D eigenvalue weighted by Crippen LogP contribution is -2.34. The summed E-state index contributed by atoms with van der Waals surface area (Å²) in [4.78, 5) is 5.92. The van der Waals surface area contributed by atoms with Crippen LogP contribution in [-0.4, -0.2) is 18.5 Å². The molecule has 1 aliphatic heterocycles. The molecule has 106 valence electrons. The van der Waals surface area contributed by atoms with Crippen molar-refractivity contribution in [2.75, 3.05) is 0 Å². The van der Waals surface area contributed by atoms with Crippen molar-refractivity contribution in [1.82, 2.24) is 4.57 Å². The van der Waals surface area contributed by atoms with Crippen molar-refractivity contribution >= 4 is 29.7 Å². The molecule has 0 aliphatic carbocycles. The third-order valence-corrected chi connectivity index (χ3v) is 8.59. The lowest BCUT2D eigenvalue weighted by atomic mass is 10.0. The molecular formula is C15H21N3SSi. The number of thiophene rings is 1. The molecule has 2 aromatic heterocycles. The van der Waals surface area contributed by atoms with E-state index in [1.54, 1.807) is 0 Å². The SMILES string of the molecule is Cn1cccc1C1Cc2cc([Si](C)(C)C)sc2C(N)=N1. The van der Waals surface area contributed by atoms with E-state index in [2.05, 4.69) is 55.7 Å². The molecule has 3 rings (SSSR count). The highest BCUT2D eigenvalue weighted by atomic mass is 32.1. The second-order valence-corrected chi connectivity index (χ2v) is 12.9. The van der Waals surface area contributed by atoms with Crippen molar-refractivity contribution in [1.29, 1.82) is 0 Å². The molecule has 1 atom stereocenters. The Labute approximate surface area is 125 Å². The van der Waals surface area contributed by atoms with Crippen LogP contribution in [0.25, 0.3) is 0 Å². The molecule has 0 spiro atoms. The van der Waals surface area contributed by atoms with Crippen LogP contribution in [0.3, 0.4) is 0 Å². The standard InChI is InChI=1S/C15H21N3SSi/c1-18-7-5-6-12(18)11-8-10-9-13(20(2,3)4)19-14(10)15(16)17-11/h5-7,9,11H,8H2,1-4H3,(H2,16,17). The van der Waals surface area contributed by atoms with E-state index in [0.717, 1.165) is 6.42 Å². The number of fused-ring (bicyclic) bond motifs is 1. The molecule has 0 saturated heterocycles. The maximum absolute atomic E-state index is 6.22. The third-order valence-electron chi connectivity index (χ3n) is 3.81. The number of nitrogens with zero attached hydrogens (tertiary/aromatic N) is 2. The summed E-state index contributed by atoms with van der Waals surface area (Å²) in [5.41, 5.74) is 8.83. The van der Waals surface area contributed by atoms with Gasteiger partial charge in [0.2, 0.25) is 0 Å². The van der Waals surface area contributed by atoms with E-state index < -0.39 is 8.07 Å². The summed E-state index contributed by atoms with van der Waals surface area (Å²) in [7, 11) is 0.793. The van der Waals surface area contributed by atoms with Gasteiger partial charge in [0.25, 0.3) is 0 Å². The Morgan fingerprint density at radius 3 is 2.75 bits per heavy atom. The summed E-state index contributed by atoms with van der Waals surface area (Å²) in [6, 6.07) is 6.74. The van der Waals surface area contributed by atoms with Gasteiger partial charge in [-0.2, -0.15) is 0 Å². The van der Waals surface area contributed by atoms with Gasteiger partial charge in [-0.1, -0.05) is 19.6 Å². The van der Waals surface area contributed by atoms with Crippen LogP contribution in [-0.2, 0) is 13.5 Å². The second-order valence-electron chi connectivity index (χ2n) is 6.49. The predicted octanol–water partition coefficient (Wildman–Crippen LogP) is 2.63. The molecule has 0 bridgehead atoms. The van der Waals surface area contributed by atoms with E-state index in [0.29, 0.717) is 5.84 Å². The van der Waals surface area contributed by atoms with Crippen LogP contribution < -0.4 is 10.2 Å². The van der Waals surface area contributed by atoms with Crippen LogP contribution in [0.2, 0.25) is 19.6 Å². The number of aromatic nitrogens is 1. The highest BCUT2D eigenvalue weighted by Gasteiger charge is 2.28. The highest BCUT2D eigenvalue weighted by molar-refractivity contribution is 7.27. The van der Waals surface area contributed by atoms with Crippen LogP contribution >= 0.6 is 11.3 Å². The summed E-state index contributed by atoms with van der Waals surface area (Å²) in [6.45, 7) is 7.14. The van der Waals surface area contributed by atoms with Gasteiger partial charge in [0, 0.05) is 25.4 Å². The van der Waals surface area contributed by atoms with Gasteiger partial charge in [-0.15, -0.1) is 11.3 Å². The Kier molecular flexibility index (Phi) is 3.14. The molecule has 3 nitrogen and oxygen atoms in total. The highest BCUT2D eigenvalue weighted by Crippen LogP contribution is 2.31. The fourth-order valence-corrected chi connectivity index (χ4v) is 5.63. The number of amidine groups is 1. The molecule has 20 heavy (non-hydrogen) atoms. The minimum atomic E-state index is -1.27. The molecule has 1 aliphatic rings. The van der Waals surface area contributed by atoms with E-state index >= 15 is 0 Å². The van der Waals surface area contributed by atoms with Crippen LogP contribution in [0.15, 0.2) is 29.4 Å². The van der Waals surface area contributed by atoms with Crippen molar-refractivity contribution in [2.24, 2.45) is 17.8 Å². The van der Waals surface area contributed by atoms with E-state index in [-0.39, 0.29) is 6.04 Å². The van der Waals surface area contributed by atoms with Gasteiger partial charge in [-0.3, -0.25) is 4.99 Å². The van der Waals surface area contributed by atoms with Gasteiger partial charge in [0.1, 0.15) is 5.84 Å². The summed E-state index contributed by atoms with van der Waals surface area (Å²) < 4.78 is 3.66. The fraction of sp³-hybridized carbons (Fsp3) is 0.400. The lowest BCUT2D eigenvalue weighted by molar-refractivity contribution is 0.651. The Balaban J connectivity index is 2.00. The molecule has 3 heterocycles. The number of aryl methyl sites for hydroxylation is 1. The van der Waals surface area contributed by atoms with Crippen molar-refractivity contribution in [3.63, 3.8) is 0 Å². The van der Waals surface area contributed by atoms with Gasteiger partial charge < -0.3 is 10.3 Å². The zero-order valence-electron chi connectivity index (χ0n) is 12.5. The average Bonchev–Trinajstić information content (AvgIpc) is 2.93. The largest absolute Gasteiger partial charge is 0.383 e. The molecule has 0 amide bonds. The molecule has 0 aromatic carbocycles. The molecule has 2 N–H and O–H groups in total. The maximum Gasteiger partial charge on any atom is 0.136 e. The second kappa shape index (κ2) is 4.60. The molecule has 5 heteroatoms. The van der Waals surface area contributed by atoms with Crippen molar-refractivity contribution in [3.8, 4) is 0 Å². The number of aliphatic imine (C=N–C) groups is 1. The smallest absolute Gasteiger partial charge is 0.136 e. The number of rotatable bonds is 2. The molecule has 0 fully saturated rings. The minimum absolute atomic E-state index is 0.159. The van der Waals surface area contributed by atoms with Crippen molar-refractivity contribution in [3.05, 3.63) is 40.5 Å². The van der Waals surface area contributed by atoms with E-state index in [1.165, 1.54) is 20.6 Å². The quantitative estimate of drug-likeness (QED) is 0.852. The Morgan fingerprint density at radius 1 is 1.40 bits per heavy atom. The Hall–Kier alpha value is -1.33. The van der Waals surface area contributed by atoms with Crippen LogP contribution in [0.4, 0.5) is 0 Å². The molecule has 0 saturated carbocycles. The summed E-state index contributed by atoms with van der Waals surface area (Å²) in [5, 5.41) is 0. The molecular weight excluding hydrogens is 282 g/mol. The Bertz CT molecular complexity index is 676. The van der Waals surface area contributed by atoms with Crippen molar-refractivity contribution in [2.45, 2.75) is 32.1 Å². The molecule has 2 aromatic rings. The zero-order chi connectivity index (χ0) is 14.5. The maximum atomic E-state index is 6.22. The van der Waals surface area contributed by atoms with E-state index in [1.807, 2.05) is 11.3 Å². The number of hydrogen-bond acceptors (Lipinski definition) is 3. The van der Waals surface area contributed by atoms with Crippen LogP contribution in [0, 0.1) is 0 Å². The van der Waals surface area contributed by atoms with E-state index in [4.69, 9.17) is 10.7 Å². The molecule has 1 unspecified atom stereocenters. The van der Waals surface area contributed by atoms with Gasteiger partial charge in [-0.05, 0) is 28.3 Å².